The van der Waals surface area contributed by atoms with Crippen LogP contribution in [0.15, 0.2) is 0 Å². The molecule has 1 aliphatic rings. The largest absolute Gasteiger partial charge is 0.362 e. The Morgan fingerprint density at radius 3 is 2.00 bits per heavy atom. The Hall–Kier alpha value is -1.37. The monoisotopic (exact) mass is 308 g/mol. The van der Waals surface area contributed by atoms with Crippen LogP contribution < -0.4 is 10.6 Å². The normalized spacial score (nSPS) is 22.7. The van der Waals surface area contributed by atoms with E-state index in [2.05, 4.69) is 0 Å². The first kappa shape index (κ1) is 16.0. The van der Waals surface area contributed by atoms with Gasteiger partial charge in [0.2, 0.25) is 5.82 Å². The van der Waals surface area contributed by atoms with Crippen LogP contribution >= 0.6 is 0 Å². The number of nitrogens with zero attached hydrogens (tertiary/aromatic N) is 1. The molecule has 1 aromatic rings. The molecule has 1 aromatic carbocycles. The first-order valence-electron chi connectivity index (χ1n) is 6.90. The molecule has 2 rings (SSSR count). The van der Waals surface area contributed by atoms with Gasteiger partial charge in [-0.25, -0.2) is 22.0 Å². The molecule has 2 nitrogen and oxygen atoms in total. The molecular weight excluding hydrogens is 291 g/mol. The summed E-state index contributed by atoms with van der Waals surface area (Å²) in [5.41, 5.74) is 4.74. The number of halogens is 5. The van der Waals surface area contributed by atoms with Gasteiger partial charge in [-0.05, 0) is 18.8 Å². The minimum absolute atomic E-state index is 0.0932. The first-order valence-corrected chi connectivity index (χ1v) is 6.90. The highest BCUT2D eigenvalue weighted by atomic mass is 19.2. The molecule has 2 N–H and O–H groups in total. The topological polar surface area (TPSA) is 29.3 Å². The second-order valence-electron chi connectivity index (χ2n) is 5.30. The lowest BCUT2D eigenvalue weighted by atomic mass is 9.88. The number of anilines is 1. The fourth-order valence-electron chi connectivity index (χ4n) is 2.87. The summed E-state index contributed by atoms with van der Waals surface area (Å²) >= 11 is 0. The molecule has 0 radical (unpaired) electrons. The average Bonchev–Trinajstić information content (AvgIpc) is 2.51. The molecule has 0 amide bonds. The number of hydrogen-bond donors (Lipinski definition) is 1. The third kappa shape index (κ3) is 2.71. The average molecular weight is 308 g/mol. The lowest BCUT2D eigenvalue weighted by Crippen LogP contribution is -2.47. The molecule has 0 saturated carbocycles. The van der Waals surface area contributed by atoms with E-state index in [0.717, 1.165) is 6.42 Å². The van der Waals surface area contributed by atoms with E-state index in [1.165, 1.54) is 4.90 Å². The van der Waals surface area contributed by atoms with Crippen molar-refractivity contribution in [3.8, 4) is 0 Å². The van der Waals surface area contributed by atoms with Crippen LogP contribution in [-0.4, -0.2) is 19.1 Å². The van der Waals surface area contributed by atoms with Crippen LogP contribution in [0.4, 0.5) is 27.6 Å². The predicted molar refractivity (Wildman–Crippen MR) is 69.4 cm³/mol. The van der Waals surface area contributed by atoms with Gasteiger partial charge in [0.05, 0.1) is 0 Å². The zero-order valence-electron chi connectivity index (χ0n) is 11.6. The van der Waals surface area contributed by atoms with E-state index in [-0.39, 0.29) is 13.1 Å². The maximum Gasteiger partial charge on any atom is 0.200 e. The molecule has 2 unspecified atom stereocenters. The number of benzene rings is 1. The number of rotatable bonds is 3. The van der Waals surface area contributed by atoms with Gasteiger partial charge in [-0.1, -0.05) is 13.3 Å². The van der Waals surface area contributed by atoms with Crippen molar-refractivity contribution in [2.45, 2.75) is 32.2 Å². The number of piperidine rings is 1. The van der Waals surface area contributed by atoms with Gasteiger partial charge in [-0.2, -0.15) is 0 Å². The quantitative estimate of drug-likeness (QED) is 0.527. The molecule has 2 atom stereocenters. The highest BCUT2D eigenvalue weighted by Crippen LogP contribution is 2.35. The fourth-order valence-corrected chi connectivity index (χ4v) is 2.87. The van der Waals surface area contributed by atoms with Crippen LogP contribution in [0.2, 0.25) is 0 Å². The van der Waals surface area contributed by atoms with E-state index in [4.69, 9.17) is 5.73 Å². The molecule has 1 fully saturated rings. The van der Waals surface area contributed by atoms with Crippen molar-refractivity contribution in [3.63, 3.8) is 0 Å². The van der Waals surface area contributed by atoms with Crippen LogP contribution in [-0.2, 0) is 0 Å². The van der Waals surface area contributed by atoms with Crippen LogP contribution in [0.1, 0.15) is 26.2 Å². The van der Waals surface area contributed by atoms with Crippen molar-refractivity contribution < 1.29 is 22.0 Å². The summed E-state index contributed by atoms with van der Waals surface area (Å²) in [6, 6.07) is -0.433. The SMILES string of the molecule is CCC1CCN(c2c(F)c(F)c(F)c(F)c2F)C(CN)C1. The lowest BCUT2D eigenvalue weighted by molar-refractivity contribution is 0.323. The minimum atomic E-state index is -2.14. The Balaban J connectivity index is 2.46. The first-order chi connectivity index (χ1) is 9.92. The maximum atomic E-state index is 13.9. The third-order valence-electron chi connectivity index (χ3n) is 4.15. The van der Waals surface area contributed by atoms with Crippen molar-refractivity contribution >= 4 is 5.69 Å². The maximum absolute atomic E-state index is 13.9. The molecule has 0 aliphatic carbocycles. The van der Waals surface area contributed by atoms with E-state index in [9.17, 15) is 22.0 Å². The van der Waals surface area contributed by atoms with E-state index in [1.807, 2.05) is 6.92 Å². The van der Waals surface area contributed by atoms with Gasteiger partial charge in [0.15, 0.2) is 23.3 Å². The van der Waals surface area contributed by atoms with Crippen LogP contribution in [0.5, 0.6) is 0 Å². The van der Waals surface area contributed by atoms with E-state index in [1.54, 1.807) is 0 Å². The van der Waals surface area contributed by atoms with Crippen molar-refractivity contribution in [1.29, 1.82) is 0 Å². The molecule has 1 saturated heterocycles. The third-order valence-corrected chi connectivity index (χ3v) is 4.15. The second-order valence-corrected chi connectivity index (χ2v) is 5.30. The van der Waals surface area contributed by atoms with Gasteiger partial charge >= 0.3 is 0 Å². The van der Waals surface area contributed by atoms with Crippen LogP contribution in [0.3, 0.4) is 0 Å². The molecule has 1 heterocycles. The molecular formula is C14H17F5N2. The van der Waals surface area contributed by atoms with E-state index < -0.39 is 40.8 Å². The van der Waals surface area contributed by atoms with Crippen molar-refractivity contribution in [2.24, 2.45) is 11.7 Å². The smallest absolute Gasteiger partial charge is 0.200 e. The van der Waals surface area contributed by atoms with Gasteiger partial charge in [0.25, 0.3) is 0 Å². The summed E-state index contributed by atoms with van der Waals surface area (Å²) in [6.07, 6.45) is 2.10. The van der Waals surface area contributed by atoms with Crippen molar-refractivity contribution in [1.82, 2.24) is 0 Å². The van der Waals surface area contributed by atoms with Gasteiger partial charge in [-0.3, -0.25) is 0 Å². The summed E-state index contributed by atoms with van der Waals surface area (Å²) in [7, 11) is 0. The predicted octanol–water partition coefficient (Wildman–Crippen LogP) is 3.34. The van der Waals surface area contributed by atoms with Crippen molar-refractivity contribution in [3.05, 3.63) is 29.1 Å². The number of hydrogen-bond acceptors (Lipinski definition) is 2. The Labute approximate surface area is 119 Å². The Morgan fingerprint density at radius 1 is 1.00 bits per heavy atom. The van der Waals surface area contributed by atoms with E-state index >= 15 is 0 Å². The molecule has 0 spiro atoms. The molecule has 118 valence electrons. The summed E-state index contributed by atoms with van der Waals surface area (Å²) in [4.78, 5) is 1.21. The Morgan fingerprint density at radius 2 is 1.52 bits per heavy atom. The lowest BCUT2D eigenvalue weighted by Gasteiger charge is -2.40. The standard InChI is InChI=1S/C14H17F5N2/c1-2-7-3-4-21(8(5-7)6-20)14-12(18)10(16)9(15)11(17)13(14)19/h7-8H,2-6,20H2,1H3. The van der Waals surface area contributed by atoms with Gasteiger partial charge in [-0.15, -0.1) is 0 Å². The van der Waals surface area contributed by atoms with Gasteiger partial charge in [0.1, 0.15) is 5.69 Å². The Kier molecular flexibility index (Phi) is 4.70. The van der Waals surface area contributed by atoms with Crippen molar-refractivity contribution in [2.75, 3.05) is 18.0 Å². The van der Waals surface area contributed by atoms with Gasteiger partial charge in [0, 0.05) is 19.1 Å². The molecule has 1 aliphatic heterocycles. The molecule has 0 aromatic heterocycles. The molecule has 0 bridgehead atoms. The second kappa shape index (κ2) is 6.17. The van der Waals surface area contributed by atoms with E-state index in [0.29, 0.717) is 18.8 Å². The highest BCUT2D eigenvalue weighted by molar-refractivity contribution is 5.52. The number of nitrogens with two attached hydrogens (primary N) is 1. The Bertz CT molecular complexity index is 506. The molecule has 7 heteroatoms. The highest BCUT2D eigenvalue weighted by Gasteiger charge is 2.34. The summed E-state index contributed by atoms with van der Waals surface area (Å²) in [5.74, 6) is -9.22. The zero-order chi connectivity index (χ0) is 15.7. The summed E-state index contributed by atoms with van der Waals surface area (Å²) < 4.78 is 67.5. The van der Waals surface area contributed by atoms with Crippen LogP contribution in [0.25, 0.3) is 0 Å². The fraction of sp³-hybridized carbons (Fsp3) is 0.571. The molecule has 21 heavy (non-hydrogen) atoms. The zero-order valence-corrected chi connectivity index (χ0v) is 11.6. The van der Waals surface area contributed by atoms with Crippen LogP contribution in [0, 0.1) is 35.0 Å². The van der Waals surface area contributed by atoms with Gasteiger partial charge < -0.3 is 10.6 Å². The summed E-state index contributed by atoms with van der Waals surface area (Å²) in [5, 5.41) is 0. The summed E-state index contributed by atoms with van der Waals surface area (Å²) in [6.45, 7) is 2.31. The minimum Gasteiger partial charge on any atom is -0.362 e.